The van der Waals surface area contributed by atoms with Crippen LogP contribution in [-0.2, 0) is 11.3 Å². The van der Waals surface area contributed by atoms with Gasteiger partial charge in [0.25, 0.3) is 5.91 Å². The molecule has 2 atom stereocenters. The van der Waals surface area contributed by atoms with Gasteiger partial charge in [-0.3, -0.25) is 14.5 Å². The normalized spacial score (nSPS) is 19.1. The predicted molar refractivity (Wildman–Crippen MR) is 146 cm³/mol. The molecule has 1 unspecified atom stereocenters. The SMILES string of the molecule is C#CC([C@H]1CN(C(=O)c2cc3cc(OC)ccc3[nH]2)CC(=O)N1Cc1cccc(OC(F)F)c1)N1CCCCC1. The van der Waals surface area contributed by atoms with E-state index in [9.17, 15) is 18.4 Å². The van der Waals surface area contributed by atoms with Crippen LogP contribution in [0.3, 0.4) is 0 Å². The lowest BCUT2D eigenvalue weighted by Gasteiger charge is -2.46. The molecule has 0 aliphatic carbocycles. The van der Waals surface area contributed by atoms with Crippen LogP contribution >= 0.6 is 0 Å². The lowest BCUT2D eigenvalue weighted by atomic mass is 9.98. The molecule has 1 aromatic heterocycles. The van der Waals surface area contributed by atoms with Crippen molar-refractivity contribution in [2.24, 2.45) is 0 Å². The Morgan fingerprint density at radius 2 is 1.93 bits per heavy atom. The fraction of sp³-hybridized carbons (Fsp3) is 0.400. The van der Waals surface area contributed by atoms with E-state index in [0.717, 1.165) is 43.3 Å². The van der Waals surface area contributed by atoms with Gasteiger partial charge in [0.05, 0.1) is 19.2 Å². The predicted octanol–water partition coefficient (Wildman–Crippen LogP) is 4.12. The summed E-state index contributed by atoms with van der Waals surface area (Å²) >= 11 is 0. The number of rotatable bonds is 8. The van der Waals surface area contributed by atoms with Crippen LogP contribution in [0.1, 0.15) is 35.3 Å². The molecule has 0 radical (unpaired) electrons. The average Bonchev–Trinajstić information content (AvgIpc) is 3.38. The number of methoxy groups -OCH3 is 1. The van der Waals surface area contributed by atoms with E-state index in [-0.39, 0.29) is 37.2 Å². The zero-order valence-electron chi connectivity index (χ0n) is 22.3. The average molecular weight is 551 g/mol. The Morgan fingerprint density at radius 3 is 2.65 bits per heavy atom. The lowest BCUT2D eigenvalue weighted by Crippen LogP contribution is -2.64. The lowest BCUT2D eigenvalue weighted by molar-refractivity contribution is -0.141. The summed E-state index contributed by atoms with van der Waals surface area (Å²) in [7, 11) is 1.58. The summed E-state index contributed by atoms with van der Waals surface area (Å²) in [6.45, 7) is -1.06. The molecule has 3 heterocycles. The Balaban J connectivity index is 1.43. The minimum Gasteiger partial charge on any atom is -0.497 e. The van der Waals surface area contributed by atoms with E-state index in [1.807, 2.05) is 18.2 Å². The summed E-state index contributed by atoms with van der Waals surface area (Å²) in [6, 6.07) is 12.7. The number of likely N-dealkylation sites (tertiary alicyclic amines) is 1. The number of aromatic nitrogens is 1. The molecule has 0 bridgehead atoms. The number of fused-ring (bicyclic) bond motifs is 1. The van der Waals surface area contributed by atoms with E-state index >= 15 is 0 Å². The maximum Gasteiger partial charge on any atom is 0.387 e. The summed E-state index contributed by atoms with van der Waals surface area (Å²) in [4.78, 5) is 35.9. The number of piperazine rings is 1. The van der Waals surface area contributed by atoms with Crippen molar-refractivity contribution in [1.82, 2.24) is 19.7 Å². The zero-order chi connectivity index (χ0) is 28.2. The molecule has 2 aliphatic rings. The van der Waals surface area contributed by atoms with Crippen molar-refractivity contribution < 1.29 is 27.8 Å². The first kappa shape index (κ1) is 27.5. The molecule has 0 saturated carbocycles. The highest BCUT2D eigenvalue weighted by Gasteiger charge is 2.41. The molecule has 3 aromatic rings. The van der Waals surface area contributed by atoms with Crippen molar-refractivity contribution in [3.05, 3.63) is 59.8 Å². The Kier molecular flexibility index (Phi) is 8.21. The summed E-state index contributed by atoms with van der Waals surface area (Å²) in [5.74, 6) is 3.03. The second-order valence-corrected chi connectivity index (χ2v) is 10.1. The van der Waals surface area contributed by atoms with Crippen LogP contribution in [0.5, 0.6) is 11.5 Å². The molecule has 2 aromatic carbocycles. The van der Waals surface area contributed by atoms with Gasteiger partial charge >= 0.3 is 6.61 Å². The van der Waals surface area contributed by atoms with E-state index in [4.69, 9.17) is 11.2 Å². The standard InChI is InChI=1S/C30H32F2N4O4/c1-3-26(34-12-5-4-6-13-34)27-18-35(29(38)25-16-21-15-22(39-2)10-11-24(21)33-25)19-28(37)36(27)17-20-8-7-9-23(14-20)40-30(31)32/h1,7-11,14-16,26-27,30,33H,4-6,12-13,17-19H2,2H3/t26?,27-/m1/s1. The highest BCUT2D eigenvalue weighted by atomic mass is 19.3. The molecule has 210 valence electrons. The van der Waals surface area contributed by atoms with E-state index in [1.165, 1.54) is 17.0 Å². The number of ether oxygens (including phenoxy) is 2. The number of nitrogens with zero attached hydrogens (tertiary/aromatic N) is 3. The Labute approximate surface area is 231 Å². The summed E-state index contributed by atoms with van der Waals surface area (Å²) in [5, 5.41) is 0.824. The summed E-state index contributed by atoms with van der Waals surface area (Å²) in [6.07, 6.45) is 9.20. The largest absolute Gasteiger partial charge is 0.497 e. The van der Waals surface area contributed by atoms with E-state index in [0.29, 0.717) is 17.0 Å². The number of aromatic amines is 1. The Hall–Kier alpha value is -4.10. The third-order valence-electron chi connectivity index (χ3n) is 7.60. The zero-order valence-corrected chi connectivity index (χ0v) is 22.3. The van der Waals surface area contributed by atoms with Crippen LogP contribution < -0.4 is 9.47 Å². The van der Waals surface area contributed by atoms with E-state index in [2.05, 4.69) is 20.5 Å². The number of carbonyl (C=O) groups excluding carboxylic acids is 2. The van der Waals surface area contributed by atoms with E-state index in [1.54, 1.807) is 30.2 Å². The highest BCUT2D eigenvalue weighted by Crippen LogP contribution is 2.27. The number of carbonyl (C=O) groups is 2. The van der Waals surface area contributed by atoms with Gasteiger partial charge in [0.2, 0.25) is 5.91 Å². The van der Waals surface area contributed by atoms with Gasteiger partial charge < -0.3 is 24.3 Å². The second kappa shape index (κ2) is 12.0. The maximum atomic E-state index is 13.7. The number of piperidine rings is 1. The van der Waals surface area contributed by atoms with Crippen LogP contribution in [0.15, 0.2) is 48.5 Å². The number of halogens is 2. The van der Waals surface area contributed by atoms with Gasteiger partial charge in [-0.25, -0.2) is 0 Å². The van der Waals surface area contributed by atoms with Gasteiger partial charge in [-0.1, -0.05) is 24.5 Å². The topological polar surface area (TPSA) is 78.1 Å². The third-order valence-corrected chi connectivity index (χ3v) is 7.60. The van der Waals surface area contributed by atoms with Crippen molar-refractivity contribution in [3.8, 4) is 23.8 Å². The first-order valence-corrected chi connectivity index (χ1v) is 13.4. The van der Waals surface area contributed by atoms with Gasteiger partial charge in [0.15, 0.2) is 0 Å². The van der Waals surface area contributed by atoms with Gasteiger partial charge in [-0.2, -0.15) is 8.78 Å². The molecule has 1 N–H and O–H groups in total. The van der Waals surface area contributed by atoms with Gasteiger partial charge in [0, 0.05) is 24.0 Å². The smallest absolute Gasteiger partial charge is 0.387 e. The highest BCUT2D eigenvalue weighted by molar-refractivity contribution is 6.00. The molecule has 10 heteroatoms. The maximum absolute atomic E-state index is 13.7. The molecule has 2 fully saturated rings. The van der Waals surface area contributed by atoms with Crippen molar-refractivity contribution in [3.63, 3.8) is 0 Å². The molecule has 40 heavy (non-hydrogen) atoms. The van der Waals surface area contributed by atoms with Gasteiger partial charge in [-0.15, -0.1) is 6.42 Å². The number of benzene rings is 2. The monoisotopic (exact) mass is 550 g/mol. The second-order valence-electron chi connectivity index (χ2n) is 10.1. The molecule has 5 rings (SSSR count). The van der Waals surface area contributed by atoms with Crippen molar-refractivity contribution in [2.45, 2.75) is 44.5 Å². The summed E-state index contributed by atoms with van der Waals surface area (Å²) in [5.41, 5.74) is 1.79. The molecular formula is C30H32F2N4O4. The fourth-order valence-corrected chi connectivity index (χ4v) is 5.65. The number of amides is 2. The van der Waals surface area contributed by atoms with Crippen LogP contribution in [0.4, 0.5) is 8.78 Å². The van der Waals surface area contributed by atoms with Crippen LogP contribution in [0.2, 0.25) is 0 Å². The number of nitrogens with one attached hydrogen (secondary N) is 1. The van der Waals surface area contributed by atoms with Crippen molar-refractivity contribution in [1.29, 1.82) is 0 Å². The molecular weight excluding hydrogens is 518 g/mol. The molecule has 2 amide bonds. The number of H-pyrrole nitrogens is 1. The minimum atomic E-state index is -2.95. The number of hydrogen-bond acceptors (Lipinski definition) is 5. The van der Waals surface area contributed by atoms with Gasteiger partial charge in [0.1, 0.15) is 23.7 Å². The van der Waals surface area contributed by atoms with Crippen molar-refractivity contribution >= 4 is 22.7 Å². The molecule has 0 spiro atoms. The molecule has 8 nitrogen and oxygen atoms in total. The van der Waals surface area contributed by atoms with Crippen LogP contribution in [0.25, 0.3) is 10.9 Å². The third kappa shape index (κ3) is 5.89. The first-order valence-electron chi connectivity index (χ1n) is 13.4. The van der Waals surface area contributed by atoms with E-state index < -0.39 is 18.7 Å². The van der Waals surface area contributed by atoms with Crippen LogP contribution in [-0.4, -0.2) is 83.5 Å². The fourth-order valence-electron chi connectivity index (χ4n) is 5.65. The molecule has 2 saturated heterocycles. The number of terminal acetylenes is 1. The number of alkyl halides is 2. The molecule has 2 aliphatic heterocycles. The summed E-state index contributed by atoms with van der Waals surface area (Å²) < 4.78 is 35.4. The Bertz CT molecular complexity index is 1410. The minimum absolute atomic E-state index is 0.0188. The van der Waals surface area contributed by atoms with Crippen LogP contribution in [0, 0.1) is 12.3 Å². The number of hydrogen-bond donors (Lipinski definition) is 1. The Morgan fingerprint density at radius 1 is 1.12 bits per heavy atom. The van der Waals surface area contributed by atoms with Crippen molar-refractivity contribution in [2.75, 3.05) is 33.3 Å². The van der Waals surface area contributed by atoms with Gasteiger partial charge in [-0.05, 0) is 67.9 Å². The quantitative estimate of drug-likeness (QED) is 0.427. The first-order chi connectivity index (χ1) is 19.4.